The highest BCUT2D eigenvalue weighted by Crippen LogP contribution is 2.29. The molecule has 3 heteroatoms. The molecule has 0 saturated heterocycles. The molecule has 0 bridgehead atoms. The molecule has 1 unspecified atom stereocenters. The SMILES string of the molecule is CC(NO)c1csc2ccccc12. The van der Waals surface area contributed by atoms with Gasteiger partial charge in [0.1, 0.15) is 0 Å². The zero-order valence-corrected chi connectivity index (χ0v) is 8.14. The third-order valence-corrected chi connectivity index (χ3v) is 3.15. The average molecular weight is 193 g/mol. The van der Waals surface area contributed by atoms with Crippen molar-refractivity contribution < 1.29 is 5.21 Å². The highest BCUT2D eigenvalue weighted by molar-refractivity contribution is 7.17. The van der Waals surface area contributed by atoms with Crippen molar-refractivity contribution in [3.8, 4) is 0 Å². The molecule has 1 aromatic carbocycles. The van der Waals surface area contributed by atoms with Crippen LogP contribution in [0.5, 0.6) is 0 Å². The van der Waals surface area contributed by atoms with E-state index in [1.807, 2.05) is 19.1 Å². The van der Waals surface area contributed by atoms with Gasteiger partial charge in [0.15, 0.2) is 0 Å². The predicted molar refractivity (Wildman–Crippen MR) is 55.2 cm³/mol. The molecule has 0 aliphatic rings. The standard InChI is InChI=1S/C10H11NOS/c1-7(11-12)9-6-13-10-5-3-2-4-8(9)10/h2-7,11-12H,1H3. The molecule has 2 aromatic rings. The third kappa shape index (κ3) is 1.46. The molecule has 0 fully saturated rings. The van der Waals surface area contributed by atoms with E-state index in [-0.39, 0.29) is 6.04 Å². The van der Waals surface area contributed by atoms with Gasteiger partial charge in [-0.05, 0) is 29.3 Å². The second-order valence-electron chi connectivity index (χ2n) is 3.04. The number of thiophene rings is 1. The van der Waals surface area contributed by atoms with Gasteiger partial charge in [0, 0.05) is 4.70 Å². The van der Waals surface area contributed by atoms with Crippen LogP contribution in [0, 0.1) is 0 Å². The molecule has 2 rings (SSSR count). The van der Waals surface area contributed by atoms with Crippen LogP contribution < -0.4 is 5.48 Å². The summed E-state index contributed by atoms with van der Waals surface area (Å²) in [5.74, 6) is 0. The number of hydroxylamine groups is 1. The molecule has 0 aliphatic heterocycles. The van der Waals surface area contributed by atoms with Crippen molar-refractivity contribution in [3.05, 3.63) is 35.2 Å². The normalized spacial score (nSPS) is 13.4. The van der Waals surface area contributed by atoms with Gasteiger partial charge in [-0.15, -0.1) is 11.3 Å². The van der Waals surface area contributed by atoms with Crippen LogP contribution in [0.3, 0.4) is 0 Å². The van der Waals surface area contributed by atoms with Crippen LogP contribution in [0.4, 0.5) is 0 Å². The Bertz CT molecular complexity index is 410. The van der Waals surface area contributed by atoms with Crippen molar-refractivity contribution in [1.82, 2.24) is 5.48 Å². The predicted octanol–water partition coefficient (Wildman–Crippen LogP) is 2.94. The molecule has 2 nitrogen and oxygen atoms in total. The van der Waals surface area contributed by atoms with Crippen molar-refractivity contribution in [2.24, 2.45) is 0 Å². The molecule has 0 radical (unpaired) electrons. The Morgan fingerprint density at radius 1 is 1.38 bits per heavy atom. The molecular weight excluding hydrogens is 182 g/mol. The van der Waals surface area contributed by atoms with Gasteiger partial charge in [0.05, 0.1) is 6.04 Å². The Balaban J connectivity index is 2.57. The average Bonchev–Trinajstić information content (AvgIpc) is 2.60. The van der Waals surface area contributed by atoms with Crippen LogP contribution in [0.15, 0.2) is 29.6 Å². The maximum atomic E-state index is 8.82. The van der Waals surface area contributed by atoms with E-state index < -0.39 is 0 Å². The monoisotopic (exact) mass is 193 g/mol. The summed E-state index contributed by atoms with van der Waals surface area (Å²) in [7, 11) is 0. The lowest BCUT2D eigenvalue weighted by atomic mass is 10.1. The summed E-state index contributed by atoms with van der Waals surface area (Å²) < 4.78 is 1.26. The van der Waals surface area contributed by atoms with Crippen LogP contribution in [0.25, 0.3) is 10.1 Å². The Morgan fingerprint density at radius 3 is 2.92 bits per heavy atom. The summed E-state index contributed by atoms with van der Waals surface area (Å²) in [6, 6.07) is 8.21. The molecule has 0 amide bonds. The van der Waals surface area contributed by atoms with E-state index in [0.717, 1.165) is 5.56 Å². The molecule has 0 aliphatic carbocycles. The van der Waals surface area contributed by atoms with Crippen LogP contribution >= 0.6 is 11.3 Å². The number of hydrogen-bond acceptors (Lipinski definition) is 3. The number of hydrogen-bond donors (Lipinski definition) is 2. The number of fused-ring (bicyclic) bond motifs is 1. The minimum atomic E-state index is -0.00356. The Hall–Kier alpha value is -0.900. The first-order chi connectivity index (χ1) is 6.33. The fraction of sp³-hybridized carbons (Fsp3) is 0.200. The van der Waals surface area contributed by atoms with Crippen molar-refractivity contribution in [1.29, 1.82) is 0 Å². The summed E-state index contributed by atoms with van der Waals surface area (Å²) in [6.07, 6.45) is 0. The fourth-order valence-electron chi connectivity index (χ4n) is 1.40. The second-order valence-corrected chi connectivity index (χ2v) is 3.95. The van der Waals surface area contributed by atoms with E-state index in [1.54, 1.807) is 11.3 Å². The molecule has 68 valence electrons. The van der Waals surface area contributed by atoms with Gasteiger partial charge in [-0.3, -0.25) is 0 Å². The molecule has 13 heavy (non-hydrogen) atoms. The van der Waals surface area contributed by atoms with E-state index in [1.165, 1.54) is 10.1 Å². The first kappa shape index (κ1) is 8.69. The molecule has 1 heterocycles. The Labute approximate surface area is 80.8 Å². The first-order valence-electron chi connectivity index (χ1n) is 4.18. The summed E-state index contributed by atoms with van der Waals surface area (Å²) >= 11 is 1.71. The van der Waals surface area contributed by atoms with Crippen LogP contribution in [0.2, 0.25) is 0 Å². The summed E-state index contributed by atoms with van der Waals surface area (Å²) in [5, 5.41) is 12.1. The minimum absolute atomic E-state index is 0.00356. The number of nitrogens with one attached hydrogen (secondary N) is 1. The fourth-order valence-corrected chi connectivity index (χ4v) is 2.46. The van der Waals surface area contributed by atoms with Gasteiger partial charge in [-0.1, -0.05) is 18.2 Å². The van der Waals surface area contributed by atoms with Gasteiger partial charge in [-0.25, -0.2) is 0 Å². The molecule has 0 saturated carbocycles. The third-order valence-electron chi connectivity index (χ3n) is 2.17. The maximum absolute atomic E-state index is 8.82. The zero-order chi connectivity index (χ0) is 9.26. The zero-order valence-electron chi connectivity index (χ0n) is 7.32. The highest BCUT2D eigenvalue weighted by Gasteiger charge is 2.08. The molecule has 1 atom stereocenters. The minimum Gasteiger partial charge on any atom is -0.316 e. The van der Waals surface area contributed by atoms with Gasteiger partial charge in [0.2, 0.25) is 0 Å². The molecule has 0 spiro atoms. The number of benzene rings is 1. The van der Waals surface area contributed by atoms with Crippen molar-refractivity contribution in [3.63, 3.8) is 0 Å². The summed E-state index contributed by atoms with van der Waals surface area (Å²) in [6.45, 7) is 1.94. The number of rotatable bonds is 2. The maximum Gasteiger partial charge on any atom is 0.0555 e. The van der Waals surface area contributed by atoms with E-state index >= 15 is 0 Å². The van der Waals surface area contributed by atoms with E-state index in [0.29, 0.717) is 0 Å². The highest BCUT2D eigenvalue weighted by atomic mass is 32.1. The van der Waals surface area contributed by atoms with E-state index in [4.69, 9.17) is 5.21 Å². The lowest BCUT2D eigenvalue weighted by Gasteiger charge is -2.06. The van der Waals surface area contributed by atoms with Crippen molar-refractivity contribution in [2.45, 2.75) is 13.0 Å². The van der Waals surface area contributed by atoms with Crippen LogP contribution in [0.1, 0.15) is 18.5 Å². The van der Waals surface area contributed by atoms with Crippen molar-refractivity contribution in [2.75, 3.05) is 0 Å². The lowest BCUT2D eigenvalue weighted by molar-refractivity contribution is 0.134. The molecule has 2 N–H and O–H groups in total. The second kappa shape index (κ2) is 3.46. The van der Waals surface area contributed by atoms with Gasteiger partial charge >= 0.3 is 0 Å². The quantitative estimate of drug-likeness (QED) is 0.719. The van der Waals surface area contributed by atoms with Crippen molar-refractivity contribution >= 4 is 21.4 Å². The summed E-state index contributed by atoms with van der Waals surface area (Å²) in [5.41, 5.74) is 3.42. The summed E-state index contributed by atoms with van der Waals surface area (Å²) in [4.78, 5) is 0. The molecule has 1 aromatic heterocycles. The molecular formula is C10H11NOS. The Kier molecular flexibility index (Phi) is 2.31. The van der Waals surface area contributed by atoms with Gasteiger partial charge in [0.25, 0.3) is 0 Å². The first-order valence-corrected chi connectivity index (χ1v) is 5.06. The topological polar surface area (TPSA) is 32.3 Å². The van der Waals surface area contributed by atoms with Gasteiger partial charge < -0.3 is 5.21 Å². The van der Waals surface area contributed by atoms with E-state index in [9.17, 15) is 0 Å². The largest absolute Gasteiger partial charge is 0.316 e. The Morgan fingerprint density at radius 2 is 2.15 bits per heavy atom. The lowest BCUT2D eigenvalue weighted by Crippen LogP contribution is -2.12. The van der Waals surface area contributed by atoms with E-state index in [2.05, 4.69) is 23.0 Å². The van der Waals surface area contributed by atoms with Crippen LogP contribution in [-0.2, 0) is 0 Å². The van der Waals surface area contributed by atoms with Gasteiger partial charge in [-0.2, -0.15) is 5.48 Å². The van der Waals surface area contributed by atoms with Crippen LogP contribution in [-0.4, -0.2) is 5.21 Å². The smallest absolute Gasteiger partial charge is 0.0555 e.